The summed E-state index contributed by atoms with van der Waals surface area (Å²) >= 11 is 1.60. The molecule has 2 amide bonds. The molecule has 4 nitrogen and oxygen atoms in total. The fourth-order valence-corrected chi connectivity index (χ4v) is 4.97. The van der Waals surface area contributed by atoms with Crippen LogP contribution in [0.15, 0.2) is 6.07 Å². The third-order valence-electron chi connectivity index (χ3n) is 5.25. The maximum Gasteiger partial charge on any atom is 0.262 e. The Balaban J connectivity index is 1.77. The zero-order chi connectivity index (χ0) is 16.3. The van der Waals surface area contributed by atoms with Gasteiger partial charge >= 0.3 is 0 Å². The lowest BCUT2D eigenvalue weighted by molar-refractivity contribution is -0.125. The van der Waals surface area contributed by atoms with Crippen LogP contribution in [0, 0.1) is 0 Å². The first-order valence-corrected chi connectivity index (χ1v) is 9.66. The Morgan fingerprint density at radius 2 is 1.65 bits per heavy atom. The Bertz CT molecular complexity index is 562. The number of hydrogen-bond acceptors (Lipinski definition) is 3. The molecule has 0 aliphatic heterocycles. The molecule has 0 bridgehead atoms. The standard InChI is InChI=1S/C18H26N2O2S/c19-17(22)18(10-6-3-7-11-18)20-16(21)15-12-13-8-4-1-2-5-9-14(13)23-15/h12H,1-11H2,(H2,19,22)(H,20,21). The van der Waals surface area contributed by atoms with Gasteiger partial charge in [-0.05, 0) is 50.2 Å². The highest BCUT2D eigenvalue weighted by atomic mass is 32.1. The van der Waals surface area contributed by atoms with Crippen LogP contribution in [0.3, 0.4) is 0 Å². The molecule has 1 fully saturated rings. The molecule has 126 valence electrons. The van der Waals surface area contributed by atoms with Crippen molar-refractivity contribution < 1.29 is 9.59 Å². The van der Waals surface area contributed by atoms with Gasteiger partial charge in [-0.15, -0.1) is 11.3 Å². The molecule has 0 aromatic carbocycles. The first-order valence-electron chi connectivity index (χ1n) is 8.85. The van der Waals surface area contributed by atoms with Gasteiger partial charge in [-0.3, -0.25) is 9.59 Å². The van der Waals surface area contributed by atoms with Gasteiger partial charge in [0, 0.05) is 4.88 Å². The van der Waals surface area contributed by atoms with E-state index in [0.29, 0.717) is 12.8 Å². The summed E-state index contributed by atoms with van der Waals surface area (Å²) in [4.78, 5) is 26.7. The Morgan fingerprint density at radius 3 is 2.35 bits per heavy atom. The number of hydrogen-bond donors (Lipinski definition) is 2. The maximum atomic E-state index is 12.7. The summed E-state index contributed by atoms with van der Waals surface area (Å²) in [6, 6.07) is 2.04. The van der Waals surface area contributed by atoms with Crippen LogP contribution in [0.1, 0.15) is 77.9 Å². The van der Waals surface area contributed by atoms with Crippen LogP contribution < -0.4 is 11.1 Å². The third kappa shape index (κ3) is 3.60. The van der Waals surface area contributed by atoms with Crippen molar-refractivity contribution in [3.05, 3.63) is 21.4 Å². The van der Waals surface area contributed by atoms with Crippen LogP contribution in [-0.2, 0) is 17.6 Å². The first kappa shape index (κ1) is 16.5. The molecule has 1 heterocycles. The smallest absolute Gasteiger partial charge is 0.262 e. The summed E-state index contributed by atoms with van der Waals surface area (Å²) in [5.74, 6) is -0.511. The fraction of sp³-hybridized carbons (Fsp3) is 0.667. The van der Waals surface area contributed by atoms with E-state index >= 15 is 0 Å². The molecule has 23 heavy (non-hydrogen) atoms. The first-order chi connectivity index (χ1) is 11.1. The van der Waals surface area contributed by atoms with Crippen LogP contribution >= 0.6 is 11.3 Å². The highest BCUT2D eigenvalue weighted by molar-refractivity contribution is 7.14. The van der Waals surface area contributed by atoms with Crippen molar-refractivity contribution in [3.63, 3.8) is 0 Å². The largest absolute Gasteiger partial charge is 0.368 e. The summed E-state index contributed by atoms with van der Waals surface area (Å²) in [6.45, 7) is 0. The van der Waals surface area contributed by atoms with Crippen LogP contribution in [0.25, 0.3) is 0 Å². The molecule has 1 saturated carbocycles. The number of aryl methyl sites for hydroxylation is 2. The fourth-order valence-electron chi connectivity index (χ4n) is 3.82. The number of primary amides is 1. The Hall–Kier alpha value is -1.36. The van der Waals surface area contributed by atoms with Gasteiger partial charge in [-0.2, -0.15) is 0 Å². The van der Waals surface area contributed by atoms with Crippen molar-refractivity contribution in [1.82, 2.24) is 5.32 Å². The number of thiophene rings is 1. The van der Waals surface area contributed by atoms with Crippen LogP contribution in [0.5, 0.6) is 0 Å². The molecule has 2 aliphatic carbocycles. The normalized spacial score (nSPS) is 20.9. The highest BCUT2D eigenvalue weighted by Crippen LogP contribution is 2.31. The van der Waals surface area contributed by atoms with E-state index in [1.807, 2.05) is 6.07 Å². The third-order valence-corrected chi connectivity index (χ3v) is 6.49. The molecule has 1 aromatic rings. The summed E-state index contributed by atoms with van der Waals surface area (Å²) in [7, 11) is 0. The molecule has 0 saturated heterocycles. The van der Waals surface area contributed by atoms with E-state index in [1.165, 1.54) is 36.1 Å². The van der Waals surface area contributed by atoms with Gasteiger partial charge in [0.15, 0.2) is 0 Å². The molecular formula is C18H26N2O2S. The lowest BCUT2D eigenvalue weighted by Gasteiger charge is -2.34. The Kier molecular flexibility index (Phi) is 5.05. The van der Waals surface area contributed by atoms with Gasteiger partial charge in [-0.1, -0.05) is 32.1 Å². The Morgan fingerprint density at radius 1 is 1.00 bits per heavy atom. The quantitative estimate of drug-likeness (QED) is 0.890. The summed E-state index contributed by atoms with van der Waals surface area (Å²) in [6.07, 6.45) is 11.5. The SMILES string of the molecule is NC(=O)C1(NC(=O)c2cc3c(s2)CCCCCC3)CCCCC1. The van der Waals surface area contributed by atoms with E-state index < -0.39 is 5.54 Å². The zero-order valence-electron chi connectivity index (χ0n) is 13.7. The number of nitrogens with two attached hydrogens (primary N) is 1. The van der Waals surface area contributed by atoms with Crippen LogP contribution in [0.4, 0.5) is 0 Å². The predicted octanol–water partition coefficient (Wildman–Crippen LogP) is 3.33. The number of nitrogens with one attached hydrogen (secondary N) is 1. The van der Waals surface area contributed by atoms with E-state index in [0.717, 1.165) is 37.0 Å². The number of rotatable bonds is 3. The lowest BCUT2D eigenvalue weighted by atomic mass is 9.81. The number of carbonyl (C=O) groups excluding carboxylic acids is 2. The molecule has 3 N–H and O–H groups in total. The minimum atomic E-state index is -0.840. The second-order valence-electron chi connectivity index (χ2n) is 6.93. The van der Waals surface area contributed by atoms with Crippen LogP contribution in [0.2, 0.25) is 0 Å². The molecule has 2 aliphatic rings. The number of fused-ring (bicyclic) bond motifs is 1. The lowest BCUT2D eigenvalue weighted by Crippen LogP contribution is -2.58. The molecule has 5 heteroatoms. The minimum Gasteiger partial charge on any atom is -0.368 e. The average molecular weight is 334 g/mol. The molecule has 3 rings (SSSR count). The van der Waals surface area contributed by atoms with E-state index in [9.17, 15) is 9.59 Å². The predicted molar refractivity (Wildman–Crippen MR) is 92.7 cm³/mol. The number of carbonyl (C=O) groups is 2. The Labute approximate surface area is 141 Å². The van der Waals surface area contributed by atoms with Crippen molar-refractivity contribution in [1.29, 1.82) is 0 Å². The molecule has 0 radical (unpaired) electrons. The summed E-state index contributed by atoms with van der Waals surface area (Å²) in [5, 5.41) is 2.99. The zero-order valence-corrected chi connectivity index (χ0v) is 14.5. The second kappa shape index (κ2) is 7.04. The van der Waals surface area contributed by atoms with Crippen LogP contribution in [-0.4, -0.2) is 17.4 Å². The molecule has 0 spiro atoms. The van der Waals surface area contributed by atoms with Gasteiger partial charge in [0.05, 0.1) is 4.88 Å². The molecular weight excluding hydrogens is 308 g/mol. The average Bonchev–Trinajstić information content (AvgIpc) is 2.90. The number of amides is 2. The van der Waals surface area contributed by atoms with Gasteiger partial charge in [0.25, 0.3) is 5.91 Å². The highest BCUT2D eigenvalue weighted by Gasteiger charge is 2.39. The maximum absolute atomic E-state index is 12.7. The summed E-state index contributed by atoms with van der Waals surface area (Å²) in [5.41, 5.74) is 6.11. The van der Waals surface area contributed by atoms with E-state index in [1.54, 1.807) is 11.3 Å². The van der Waals surface area contributed by atoms with Crippen molar-refractivity contribution >= 4 is 23.2 Å². The van der Waals surface area contributed by atoms with Gasteiger partial charge in [-0.25, -0.2) is 0 Å². The van der Waals surface area contributed by atoms with Crippen molar-refractivity contribution in [2.75, 3.05) is 0 Å². The van der Waals surface area contributed by atoms with E-state index in [-0.39, 0.29) is 11.8 Å². The van der Waals surface area contributed by atoms with Gasteiger partial charge in [0.2, 0.25) is 5.91 Å². The second-order valence-corrected chi connectivity index (χ2v) is 8.07. The summed E-state index contributed by atoms with van der Waals surface area (Å²) < 4.78 is 0. The van der Waals surface area contributed by atoms with E-state index in [4.69, 9.17) is 5.73 Å². The van der Waals surface area contributed by atoms with Crippen molar-refractivity contribution in [2.24, 2.45) is 5.73 Å². The molecule has 1 aromatic heterocycles. The van der Waals surface area contributed by atoms with Crippen molar-refractivity contribution in [2.45, 2.75) is 76.2 Å². The van der Waals surface area contributed by atoms with E-state index in [2.05, 4.69) is 5.32 Å². The van der Waals surface area contributed by atoms with Crippen molar-refractivity contribution in [3.8, 4) is 0 Å². The topological polar surface area (TPSA) is 72.2 Å². The van der Waals surface area contributed by atoms with Gasteiger partial charge in [0.1, 0.15) is 5.54 Å². The monoisotopic (exact) mass is 334 g/mol. The minimum absolute atomic E-state index is 0.123. The van der Waals surface area contributed by atoms with Gasteiger partial charge < -0.3 is 11.1 Å². The molecule has 0 unspecified atom stereocenters. The molecule has 0 atom stereocenters.